The molecule has 1 aromatic heterocycles. The van der Waals surface area contributed by atoms with Gasteiger partial charge in [0.05, 0.1) is 0 Å². The van der Waals surface area contributed by atoms with Gasteiger partial charge in [0.2, 0.25) is 0 Å². The molecule has 0 atom stereocenters. The van der Waals surface area contributed by atoms with E-state index >= 15 is 0 Å². The van der Waals surface area contributed by atoms with Crippen LogP contribution in [0.2, 0.25) is 0 Å². The van der Waals surface area contributed by atoms with Gasteiger partial charge in [-0.05, 0) is 38.9 Å². The van der Waals surface area contributed by atoms with E-state index in [4.69, 9.17) is 4.74 Å². The lowest BCUT2D eigenvalue weighted by Gasteiger charge is -2.02. The topological polar surface area (TPSA) is 21.3 Å². The fraction of sp³-hybridized carbons (Fsp3) is 0.636. The van der Waals surface area contributed by atoms with Crippen molar-refractivity contribution in [1.29, 1.82) is 0 Å². The van der Waals surface area contributed by atoms with Crippen molar-refractivity contribution in [3.8, 4) is 0 Å². The summed E-state index contributed by atoms with van der Waals surface area (Å²) in [6.45, 7) is 7.89. The summed E-state index contributed by atoms with van der Waals surface area (Å²) < 4.78 is 5.25. The minimum atomic E-state index is 0.824. The highest BCUT2D eigenvalue weighted by Gasteiger charge is 1.95. The van der Waals surface area contributed by atoms with Crippen LogP contribution in [0.3, 0.4) is 0 Å². The SMILES string of the molecule is CCOCCCNCc1ccc(C)s1. The van der Waals surface area contributed by atoms with Crippen LogP contribution in [0.4, 0.5) is 0 Å². The Morgan fingerprint density at radius 3 is 2.93 bits per heavy atom. The quantitative estimate of drug-likeness (QED) is 0.703. The standard InChI is InChI=1S/C11H19NOS/c1-3-13-8-4-7-12-9-11-6-5-10(2)14-11/h5-6,12H,3-4,7-9H2,1-2H3. The van der Waals surface area contributed by atoms with Gasteiger partial charge in [-0.15, -0.1) is 11.3 Å². The molecule has 1 aromatic rings. The normalized spacial score (nSPS) is 10.7. The van der Waals surface area contributed by atoms with Gasteiger partial charge in [0.15, 0.2) is 0 Å². The highest BCUT2D eigenvalue weighted by molar-refractivity contribution is 7.11. The molecule has 0 aromatic carbocycles. The van der Waals surface area contributed by atoms with E-state index in [1.165, 1.54) is 9.75 Å². The van der Waals surface area contributed by atoms with Crippen LogP contribution in [0, 0.1) is 6.92 Å². The first-order valence-corrected chi connectivity index (χ1v) is 5.98. The first-order valence-electron chi connectivity index (χ1n) is 5.16. The van der Waals surface area contributed by atoms with Gasteiger partial charge in [-0.3, -0.25) is 0 Å². The fourth-order valence-electron chi connectivity index (χ4n) is 1.24. The number of nitrogens with one attached hydrogen (secondary N) is 1. The van der Waals surface area contributed by atoms with Gasteiger partial charge in [-0.25, -0.2) is 0 Å². The maximum atomic E-state index is 5.25. The van der Waals surface area contributed by atoms with Gasteiger partial charge in [-0.2, -0.15) is 0 Å². The molecule has 0 fully saturated rings. The number of rotatable bonds is 7. The molecule has 80 valence electrons. The van der Waals surface area contributed by atoms with Gasteiger partial charge in [0, 0.05) is 29.5 Å². The van der Waals surface area contributed by atoms with E-state index in [0.717, 1.165) is 32.7 Å². The van der Waals surface area contributed by atoms with E-state index in [1.54, 1.807) is 0 Å². The molecule has 14 heavy (non-hydrogen) atoms. The molecule has 0 aliphatic carbocycles. The molecule has 0 unspecified atom stereocenters. The maximum Gasteiger partial charge on any atom is 0.0477 e. The van der Waals surface area contributed by atoms with Gasteiger partial charge < -0.3 is 10.1 Å². The van der Waals surface area contributed by atoms with E-state index < -0.39 is 0 Å². The van der Waals surface area contributed by atoms with Crippen molar-refractivity contribution in [2.75, 3.05) is 19.8 Å². The van der Waals surface area contributed by atoms with E-state index in [-0.39, 0.29) is 0 Å². The van der Waals surface area contributed by atoms with Crippen molar-refractivity contribution in [3.63, 3.8) is 0 Å². The molecule has 0 aliphatic heterocycles. The van der Waals surface area contributed by atoms with Crippen LogP contribution in [0.1, 0.15) is 23.1 Å². The second kappa shape index (κ2) is 6.98. The van der Waals surface area contributed by atoms with Crippen molar-refractivity contribution < 1.29 is 4.74 Å². The predicted molar refractivity (Wildman–Crippen MR) is 61.9 cm³/mol. The van der Waals surface area contributed by atoms with Crippen LogP contribution < -0.4 is 5.32 Å². The number of hydrogen-bond acceptors (Lipinski definition) is 3. The number of thiophene rings is 1. The second-order valence-electron chi connectivity index (χ2n) is 3.24. The summed E-state index contributed by atoms with van der Waals surface area (Å²) in [5, 5.41) is 3.40. The third kappa shape index (κ3) is 4.74. The Morgan fingerprint density at radius 1 is 1.43 bits per heavy atom. The Hall–Kier alpha value is -0.380. The van der Waals surface area contributed by atoms with E-state index in [2.05, 4.69) is 24.4 Å². The van der Waals surface area contributed by atoms with Gasteiger partial charge >= 0.3 is 0 Å². The molecule has 1 N–H and O–H groups in total. The zero-order chi connectivity index (χ0) is 10.2. The predicted octanol–water partition coefficient (Wildman–Crippen LogP) is 2.57. The summed E-state index contributed by atoms with van der Waals surface area (Å²) in [7, 11) is 0. The molecular formula is C11H19NOS. The van der Waals surface area contributed by atoms with E-state index in [1.807, 2.05) is 18.3 Å². The largest absolute Gasteiger partial charge is 0.382 e. The van der Waals surface area contributed by atoms with Crippen molar-refractivity contribution in [1.82, 2.24) is 5.32 Å². The lowest BCUT2D eigenvalue weighted by Crippen LogP contribution is -2.15. The Morgan fingerprint density at radius 2 is 2.29 bits per heavy atom. The van der Waals surface area contributed by atoms with E-state index in [9.17, 15) is 0 Å². The lowest BCUT2D eigenvalue weighted by atomic mass is 10.4. The van der Waals surface area contributed by atoms with Gasteiger partial charge in [0.25, 0.3) is 0 Å². The molecule has 0 saturated carbocycles. The monoisotopic (exact) mass is 213 g/mol. The third-order valence-corrected chi connectivity index (χ3v) is 2.94. The lowest BCUT2D eigenvalue weighted by molar-refractivity contribution is 0.144. The molecule has 0 spiro atoms. The van der Waals surface area contributed by atoms with Crippen LogP contribution in [0.5, 0.6) is 0 Å². The highest BCUT2D eigenvalue weighted by Crippen LogP contribution is 2.14. The number of aryl methyl sites for hydroxylation is 1. The summed E-state index contributed by atoms with van der Waals surface area (Å²) in [6, 6.07) is 4.36. The van der Waals surface area contributed by atoms with Crippen LogP contribution in [-0.2, 0) is 11.3 Å². The van der Waals surface area contributed by atoms with Crippen LogP contribution in [0.15, 0.2) is 12.1 Å². The van der Waals surface area contributed by atoms with Crippen molar-refractivity contribution >= 4 is 11.3 Å². The summed E-state index contributed by atoms with van der Waals surface area (Å²) in [5.41, 5.74) is 0. The molecule has 0 aliphatic rings. The first kappa shape index (κ1) is 11.7. The molecule has 0 amide bonds. The van der Waals surface area contributed by atoms with Crippen molar-refractivity contribution in [2.24, 2.45) is 0 Å². The Balaban J connectivity index is 1.99. The molecule has 0 radical (unpaired) electrons. The highest BCUT2D eigenvalue weighted by atomic mass is 32.1. The minimum absolute atomic E-state index is 0.824. The van der Waals surface area contributed by atoms with Gasteiger partial charge in [-0.1, -0.05) is 0 Å². The first-order chi connectivity index (χ1) is 6.83. The average molecular weight is 213 g/mol. The fourth-order valence-corrected chi connectivity index (χ4v) is 2.10. The Bertz CT molecular complexity index is 247. The summed E-state index contributed by atoms with van der Waals surface area (Å²) in [4.78, 5) is 2.80. The zero-order valence-corrected chi connectivity index (χ0v) is 9.82. The van der Waals surface area contributed by atoms with Crippen LogP contribution in [-0.4, -0.2) is 19.8 Å². The second-order valence-corrected chi connectivity index (χ2v) is 4.61. The van der Waals surface area contributed by atoms with E-state index in [0.29, 0.717) is 0 Å². The zero-order valence-electron chi connectivity index (χ0n) is 9.01. The van der Waals surface area contributed by atoms with Gasteiger partial charge in [0.1, 0.15) is 0 Å². The molecule has 0 saturated heterocycles. The number of ether oxygens (including phenoxy) is 1. The van der Waals surface area contributed by atoms with Crippen molar-refractivity contribution in [2.45, 2.75) is 26.8 Å². The molecule has 3 heteroatoms. The Kier molecular flexibility index (Phi) is 5.83. The third-order valence-electron chi connectivity index (χ3n) is 1.94. The molecule has 1 rings (SSSR count). The number of hydrogen-bond donors (Lipinski definition) is 1. The summed E-state index contributed by atoms with van der Waals surface area (Å²) in [6.07, 6.45) is 1.10. The van der Waals surface area contributed by atoms with Crippen LogP contribution >= 0.6 is 11.3 Å². The summed E-state index contributed by atoms with van der Waals surface area (Å²) >= 11 is 1.86. The molecule has 0 bridgehead atoms. The maximum absolute atomic E-state index is 5.25. The molecular weight excluding hydrogens is 194 g/mol. The molecule has 1 heterocycles. The molecule has 2 nitrogen and oxygen atoms in total. The smallest absolute Gasteiger partial charge is 0.0477 e. The van der Waals surface area contributed by atoms with Crippen LogP contribution in [0.25, 0.3) is 0 Å². The summed E-state index contributed by atoms with van der Waals surface area (Å²) in [5.74, 6) is 0. The average Bonchev–Trinajstić information content (AvgIpc) is 2.58. The Labute approximate surface area is 90.3 Å². The van der Waals surface area contributed by atoms with Crippen molar-refractivity contribution in [3.05, 3.63) is 21.9 Å². The minimum Gasteiger partial charge on any atom is -0.382 e.